The van der Waals surface area contributed by atoms with Gasteiger partial charge >= 0.3 is 0 Å². The Bertz CT molecular complexity index is 618. The van der Waals surface area contributed by atoms with E-state index in [1.165, 1.54) is 0 Å². The first-order valence-electron chi connectivity index (χ1n) is 7.21. The van der Waals surface area contributed by atoms with Crippen molar-refractivity contribution in [3.05, 3.63) is 18.3 Å². The van der Waals surface area contributed by atoms with Crippen LogP contribution in [0.4, 0.5) is 6.01 Å². The Morgan fingerprint density at radius 1 is 1.24 bits per heavy atom. The first-order valence-corrected chi connectivity index (χ1v) is 7.21. The van der Waals surface area contributed by atoms with Gasteiger partial charge in [-0.2, -0.15) is 4.98 Å². The van der Waals surface area contributed by atoms with Crippen molar-refractivity contribution in [1.29, 1.82) is 0 Å². The third kappa shape index (κ3) is 2.70. The highest BCUT2D eigenvalue weighted by atomic mass is 16.4. The van der Waals surface area contributed by atoms with E-state index >= 15 is 0 Å². The topological polar surface area (TPSA) is 62.5 Å². The second-order valence-corrected chi connectivity index (χ2v) is 6.35. The number of fused-ring (bicyclic) bond motifs is 1. The number of carbonyl (C=O) groups excluding carboxylic acids is 1. The van der Waals surface area contributed by atoms with E-state index in [0.29, 0.717) is 24.8 Å². The highest BCUT2D eigenvalue weighted by molar-refractivity contribution is 5.81. The summed E-state index contributed by atoms with van der Waals surface area (Å²) in [4.78, 5) is 24.8. The molecule has 0 spiro atoms. The molecule has 3 rings (SSSR count). The van der Waals surface area contributed by atoms with Crippen LogP contribution in [0.1, 0.15) is 20.8 Å². The summed E-state index contributed by atoms with van der Waals surface area (Å²) in [5.74, 6) is 0.196. The first-order chi connectivity index (χ1) is 9.95. The van der Waals surface area contributed by atoms with Gasteiger partial charge in [0.25, 0.3) is 6.01 Å². The maximum atomic E-state index is 12.3. The number of anilines is 1. The van der Waals surface area contributed by atoms with Crippen molar-refractivity contribution < 1.29 is 9.21 Å². The van der Waals surface area contributed by atoms with Gasteiger partial charge < -0.3 is 14.2 Å². The fourth-order valence-corrected chi connectivity index (χ4v) is 2.47. The van der Waals surface area contributed by atoms with Crippen molar-refractivity contribution in [1.82, 2.24) is 14.9 Å². The number of aromatic nitrogens is 2. The second kappa shape index (κ2) is 5.02. The zero-order valence-corrected chi connectivity index (χ0v) is 12.7. The van der Waals surface area contributed by atoms with E-state index in [0.717, 1.165) is 18.6 Å². The summed E-state index contributed by atoms with van der Waals surface area (Å²) in [7, 11) is 0. The summed E-state index contributed by atoms with van der Waals surface area (Å²) < 4.78 is 5.67. The van der Waals surface area contributed by atoms with Gasteiger partial charge in [0.2, 0.25) is 11.6 Å². The van der Waals surface area contributed by atoms with Crippen molar-refractivity contribution in [3.63, 3.8) is 0 Å². The van der Waals surface area contributed by atoms with Crippen molar-refractivity contribution in [2.24, 2.45) is 5.41 Å². The van der Waals surface area contributed by atoms with Crippen LogP contribution < -0.4 is 4.90 Å². The molecule has 0 aliphatic carbocycles. The zero-order chi connectivity index (χ0) is 15.0. The normalized spacial score (nSPS) is 16.5. The number of carbonyl (C=O) groups is 1. The molecule has 0 bridgehead atoms. The molecule has 21 heavy (non-hydrogen) atoms. The number of oxazole rings is 1. The maximum Gasteiger partial charge on any atom is 0.299 e. The molecule has 2 aromatic rings. The van der Waals surface area contributed by atoms with Crippen molar-refractivity contribution in [2.45, 2.75) is 20.8 Å². The molecular weight excluding hydrogens is 268 g/mol. The van der Waals surface area contributed by atoms with Crippen LogP contribution in [0.2, 0.25) is 0 Å². The molecule has 0 unspecified atom stereocenters. The van der Waals surface area contributed by atoms with Crippen LogP contribution in [-0.2, 0) is 4.79 Å². The van der Waals surface area contributed by atoms with Gasteiger partial charge in [-0.1, -0.05) is 20.8 Å². The Labute approximate surface area is 123 Å². The van der Waals surface area contributed by atoms with E-state index in [9.17, 15) is 4.79 Å². The number of nitrogens with zero attached hydrogens (tertiary/aromatic N) is 4. The molecule has 2 aromatic heterocycles. The molecule has 1 saturated heterocycles. The Morgan fingerprint density at radius 3 is 2.57 bits per heavy atom. The van der Waals surface area contributed by atoms with Gasteiger partial charge in [0.1, 0.15) is 5.52 Å². The molecule has 1 aliphatic rings. The van der Waals surface area contributed by atoms with Crippen molar-refractivity contribution in [3.8, 4) is 0 Å². The number of rotatable bonds is 1. The summed E-state index contributed by atoms with van der Waals surface area (Å²) in [5, 5.41) is 0. The largest absolute Gasteiger partial charge is 0.404 e. The second-order valence-electron chi connectivity index (χ2n) is 6.35. The van der Waals surface area contributed by atoms with Crippen LogP contribution in [0, 0.1) is 5.41 Å². The lowest BCUT2D eigenvalue weighted by molar-refractivity contribution is -0.139. The summed E-state index contributed by atoms with van der Waals surface area (Å²) in [6.45, 7) is 8.71. The SMILES string of the molecule is CC(C)(C)C(=O)N1CCN(c2nc3cccnc3o2)CC1. The van der Waals surface area contributed by atoms with E-state index in [-0.39, 0.29) is 11.3 Å². The molecule has 0 N–H and O–H groups in total. The van der Waals surface area contributed by atoms with Crippen LogP contribution in [0.3, 0.4) is 0 Å². The summed E-state index contributed by atoms with van der Waals surface area (Å²) in [5.41, 5.74) is 0.991. The van der Waals surface area contributed by atoms with Gasteiger partial charge in [0.05, 0.1) is 0 Å². The zero-order valence-electron chi connectivity index (χ0n) is 12.7. The number of amides is 1. The average Bonchev–Trinajstić information content (AvgIpc) is 2.89. The van der Waals surface area contributed by atoms with Crippen LogP contribution in [0.15, 0.2) is 22.7 Å². The summed E-state index contributed by atoms with van der Waals surface area (Å²) in [6, 6.07) is 4.31. The highest BCUT2D eigenvalue weighted by Crippen LogP contribution is 2.23. The molecule has 0 saturated carbocycles. The predicted molar refractivity (Wildman–Crippen MR) is 80.1 cm³/mol. The van der Waals surface area contributed by atoms with Crippen LogP contribution >= 0.6 is 0 Å². The molecule has 3 heterocycles. The van der Waals surface area contributed by atoms with Gasteiger partial charge in [-0.25, -0.2) is 4.98 Å². The minimum Gasteiger partial charge on any atom is -0.404 e. The van der Waals surface area contributed by atoms with Crippen molar-refractivity contribution in [2.75, 3.05) is 31.1 Å². The Hall–Kier alpha value is -2.11. The van der Waals surface area contributed by atoms with E-state index in [2.05, 4.69) is 14.9 Å². The lowest BCUT2D eigenvalue weighted by atomic mass is 9.94. The summed E-state index contributed by atoms with van der Waals surface area (Å²) in [6.07, 6.45) is 1.69. The molecule has 6 nitrogen and oxygen atoms in total. The van der Waals surface area contributed by atoms with Gasteiger partial charge in [-0.3, -0.25) is 4.79 Å². The summed E-state index contributed by atoms with van der Waals surface area (Å²) >= 11 is 0. The minimum absolute atomic E-state index is 0.196. The predicted octanol–water partition coefficient (Wildman–Crippen LogP) is 1.92. The van der Waals surface area contributed by atoms with Crippen molar-refractivity contribution >= 4 is 23.2 Å². The monoisotopic (exact) mass is 288 g/mol. The standard InChI is InChI=1S/C15H20N4O2/c1-15(2,3)13(20)18-7-9-19(10-8-18)14-17-11-5-4-6-16-12(11)21-14/h4-6H,7-10H2,1-3H3. The molecule has 0 aromatic carbocycles. The molecule has 1 aliphatic heterocycles. The fraction of sp³-hybridized carbons (Fsp3) is 0.533. The smallest absolute Gasteiger partial charge is 0.299 e. The van der Waals surface area contributed by atoms with E-state index in [1.807, 2.05) is 37.8 Å². The number of hydrogen-bond donors (Lipinski definition) is 0. The number of piperazine rings is 1. The molecule has 112 valence electrons. The molecule has 0 radical (unpaired) electrons. The molecular formula is C15H20N4O2. The highest BCUT2D eigenvalue weighted by Gasteiger charge is 2.30. The van der Waals surface area contributed by atoms with E-state index in [4.69, 9.17) is 4.42 Å². The van der Waals surface area contributed by atoms with E-state index < -0.39 is 0 Å². The fourth-order valence-electron chi connectivity index (χ4n) is 2.47. The minimum atomic E-state index is -0.330. The Morgan fingerprint density at radius 2 is 1.95 bits per heavy atom. The third-order valence-electron chi connectivity index (χ3n) is 3.63. The van der Waals surface area contributed by atoms with Crippen LogP contribution in [0.25, 0.3) is 11.2 Å². The van der Waals surface area contributed by atoms with Crippen LogP contribution in [-0.4, -0.2) is 47.0 Å². The quantitative estimate of drug-likeness (QED) is 0.802. The average molecular weight is 288 g/mol. The van der Waals surface area contributed by atoms with Gasteiger partial charge in [-0.15, -0.1) is 0 Å². The first kappa shape index (κ1) is 13.9. The van der Waals surface area contributed by atoms with E-state index in [1.54, 1.807) is 6.20 Å². The van der Waals surface area contributed by atoms with Crippen LogP contribution in [0.5, 0.6) is 0 Å². The lowest BCUT2D eigenvalue weighted by Gasteiger charge is -2.36. The molecule has 1 fully saturated rings. The van der Waals surface area contributed by atoms with Gasteiger partial charge in [0, 0.05) is 37.8 Å². The lowest BCUT2D eigenvalue weighted by Crippen LogP contribution is -2.51. The van der Waals surface area contributed by atoms with Gasteiger partial charge in [-0.05, 0) is 12.1 Å². The number of hydrogen-bond acceptors (Lipinski definition) is 5. The molecule has 1 amide bonds. The third-order valence-corrected chi connectivity index (χ3v) is 3.63. The maximum absolute atomic E-state index is 12.3. The van der Waals surface area contributed by atoms with Gasteiger partial charge in [0.15, 0.2) is 0 Å². The Kier molecular flexibility index (Phi) is 3.31. The number of pyridine rings is 1. The molecule has 0 atom stereocenters. The Balaban J connectivity index is 1.69. The molecule has 6 heteroatoms.